The number of aliphatic carboxylic acids is 1. The van der Waals surface area contributed by atoms with E-state index in [1.807, 2.05) is 5.32 Å². The Bertz CT molecular complexity index is 310. The molecule has 0 spiro atoms. The molecule has 18 heavy (non-hydrogen) atoms. The summed E-state index contributed by atoms with van der Waals surface area (Å²) in [5, 5.41) is 12.1. The van der Waals surface area contributed by atoms with Gasteiger partial charge in [-0.25, -0.2) is 18.4 Å². The van der Waals surface area contributed by atoms with E-state index in [1.54, 1.807) is 0 Å². The van der Waals surface area contributed by atoms with Crippen LogP contribution in [0.15, 0.2) is 0 Å². The van der Waals surface area contributed by atoms with Crippen LogP contribution in [0, 0.1) is 5.92 Å². The molecule has 5 nitrogen and oxygen atoms in total. The van der Waals surface area contributed by atoms with Gasteiger partial charge in [-0.3, -0.25) is 0 Å². The second-order valence-electron chi connectivity index (χ2n) is 3.95. The van der Waals surface area contributed by atoms with Gasteiger partial charge in [-0.05, 0) is 5.92 Å². The Balaban J connectivity index is 4.31. The molecule has 0 aromatic rings. The Kier molecular flexibility index (Phi) is 5.86. The Morgan fingerprint density at radius 3 is 2.11 bits per heavy atom. The fourth-order valence-corrected chi connectivity index (χ4v) is 0.981. The number of hydrogen-bond donors (Lipinski definition) is 3. The Labute approximate surface area is 101 Å². The van der Waals surface area contributed by atoms with Crippen molar-refractivity contribution >= 4 is 12.0 Å². The third-order valence-electron chi connectivity index (χ3n) is 2.02. The lowest BCUT2D eigenvalue weighted by atomic mass is 10.1. The summed E-state index contributed by atoms with van der Waals surface area (Å²) in [6.45, 7) is 1.42. The van der Waals surface area contributed by atoms with Crippen molar-refractivity contribution in [3.63, 3.8) is 0 Å². The van der Waals surface area contributed by atoms with Crippen LogP contribution in [0.1, 0.15) is 13.8 Å². The zero-order chi connectivity index (χ0) is 14.5. The average Bonchev–Trinajstić information content (AvgIpc) is 2.22. The number of rotatable bonds is 6. The molecule has 0 aliphatic heterocycles. The number of alkyl halides is 4. The molecule has 1 atom stereocenters. The van der Waals surface area contributed by atoms with Crippen molar-refractivity contribution in [1.82, 2.24) is 10.6 Å². The van der Waals surface area contributed by atoms with Crippen LogP contribution in [0.5, 0.6) is 0 Å². The number of hydrogen-bond acceptors (Lipinski definition) is 2. The zero-order valence-corrected chi connectivity index (χ0v) is 9.71. The van der Waals surface area contributed by atoms with Crippen molar-refractivity contribution in [2.45, 2.75) is 32.2 Å². The van der Waals surface area contributed by atoms with E-state index in [2.05, 4.69) is 0 Å². The molecule has 0 saturated heterocycles. The van der Waals surface area contributed by atoms with Crippen molar-refractivity contribution in [3.8, 4) is 0 Å². The summed E-state index contributed by atoms with van der Waals surface area (Å²) >= 11 is 0. The van der Waals surface area contributed by atoms with Crippen LogP contribution < -0.4 is 10.6 Å². The molecule has 0 fully saturated rings. The minimum atomic E-state index is -4.35. The normalized spacial score (nSPS) is 13.6. The minimum Gasteiger partial charge on any atom is -0.480 e. The van der Waals surface area contributed by atoms with E-state index in [4.69, 9.17) is 5.11 Å². The highest BCUT2D eigenvalue weighted by Gasteiger charge is 2.41. The number of urea groups is 1. The largest absolute Gasteiger partial charge is 0.480 e. The third kappa shape index (κ3) is 5.19. The number of carboxylic acids is 1. The molecule has 0 unspecified atom stereocenters. The van der Waals surface area contributed by atoms with Crippen LogP contribution in [-0.2, 0) is 4.79 Å². The molecule has 0 bridgehead atoms. The van der Waals surface area contributed by atoms with E-state index in [0.29, 0.717) is 0 Å². The molecular weight excluding hydrogens is 260 g/mol. The average molecular weight is 274 g/mol. The van der Waals surface area contributed by atoms with E-state index in [-0.39, 0.29) is 0 Å². The molecule has 0 heterocycles. The van der Waals surface area contributed by atoms with E-state index < -0.39 is 42.9 Å². The fraction of sp³-hybridized carbons (Fsp3) is 0.778. The van der Waals surface area contributed by atoms with Crippen LogP contribution in [-0.4, -0.2) is 42.0 Å². The van der Waals surface area contributed by atoms with Gasteiger partial charge < -0.3 is 15.7 Å². The maximum absolute atomic E-state index is 12.5. The molecule has 0 aromatic heterocycles. The first-order chi connectivity index (χ1) is 8.08. The van der Waals surface area contributed by atoms with Crippen LogP contribution in [0.3, 0.4) is 0 Å². The summed E-state index contributed by atoms with van der Waals surface area (Å²) in [5.74, 6) is -6.18. The van der Waals surface area contributed by atoms with Gasteiger partial charge in [-0.2, -0.15) is 8.78 Å². The van der Waals surface area contributed by atoms with Crippen molar-refractivity contribution in [2.75, 3.05) is 6.54 Å². The van der Waals surface area contributed by atoms with Crippen molar-refractivity contribution in [1.29, 1.82) is 0 Å². The van der Waals surface area contributed by atoms with Gasteiger partial charge >= 0.3 is 24.3 Å². The van der Waals surface area contributed by atoms with Gasteiger partial charge in [0.1, 0.15) is 6.04 Å². The second kappa shape index (κ2) is 6.41. The zero-order valence-electron chi connectivity index (χ0n) is 9.71. The van der Waals surface area contributed by atoms with Crippen LogP contribution >= 0.6 is 0 Å². The van der Waals surface area contributed by atoms with Gasteiger partial charge in [-0.15, -0.1) is 0 Å². The molecule has 0 rings (SSSR count). The van der Waals surface area contributed by atoms with E-state index in [9.17, 15) is 27.2 Å². The molecule has 0 radical (unpaired) electrons. The standard InChI is InChI=1S/C9H14F4N2O3/c1-4(2)5(6(16)17)15-8(18)14-3-9(12,13)7(10)11/h4-5,7H,3H2,1-2H3,(H,16,17)(H2,14,15,18)/t5-/m0/s1. The summed E-state index contributed by atoms with van der Waals surface area (Å²) in [7, 11) is 0. The monoisotopic (exact) mass is 274 g/mol. The first kappa shape index (κ1) is 16.5. The highest BCUT2D eigenvalue weighted by Crippen LogP contribution is 2.21. The number of carboxylic acid groups (broad SMARTS) is 1. The maximum Gasteiger partial charge on any atom is 0.326 e. The highest BCUT2D eigenvalue weighted by molar-refractivity contribution is 5.82. The lowest BCUT2D eigenvalue weighted by molar-refractivity contribution is -0.140. The van der Waals surface area contributed by atoms with Crippen LogP contribution in [0.2, 0.25) is 0 Å². The lowest BCUT2D eigenvalue weighted by Gasteiger charge is -2.20. The Morgan fingerprint density at radius 2 is 1.78 bits per heavy atom. The molecule has 3 N–H and O–H groups in total. The molecule has 2 amide bonds. The van der Waals surface area contributed by atoms with Gasteiger partial charge in [0.25, 0.3) is 0 Å². The third-order valence-corrected chi connectivity index (χ3v) is 2.02. The number of halogens is 4. The first-order valence-corrected chi connectivity index (χ1v) is 5.01. The maximum atomic E-state index is 12.5. The topological polar surface area (TPSA) is 78.4 Å². The summed E-state index contributed by atoms with van der Waals surface area (Å²) in [5.41, 5.74) is 0. The quantitative estimate of drug-likeness (QED) is 0.639. The molecular formula is C9H14F4N2O3. The van der Waals surface area contributed by atoms with E-state index in [1.165, 1.54) is 19.2 Å². The molecule has 0 aromatic carbocycles. The SMILES string of the molecule is CC(C)[C@H](NC(=O)NCC(F)(F)C(F)F)C(=O)O. The molecule has 0 aliphatic rings. The predicted octanol–water partition coefficient (Wildman–Crippen LogP) is 1.30. The summed E-state index contributed by atoms with van der Waals surface area (Å²) in [6.07, 6.45) is -3.90. The Hall–Kier alpha value is -1.54. The van der Waals surface area contributed by atoms with Gasteiger partial charge in [0, 0.05) is 0 Å². The highest BCUT2D eigenvalue weighted by atomic mass is 19.3. The van der Waals surface area contributed by atoms with Crippen molar-refractivity contribution in [2.24, 2.45) is 5.92 Å². The number of carbonyl (C=O) groups is 2. The van der Waals surface area contributed by atoms with Gasteiger partial charge in [0.2, 0.25) is 0 Å². The molecule has 0 saturated carbocycles. The van der Waals surface area contributed by atoms with Gasteiger partial charge in [0.15, 0.2) is 0 Å². The first-order valence-electron chi connectivity index (χ1n) is 5.01. The molecule has 9 heteroatoms. The lowest BCUT2D eigenvalue weighted by Crippen LogP contribution is -2.51. The second-order valence-corrected chi connectivity index (χ2v) is 3.95. The summed E-state index contributed by atoms with van der Waals surface area (Å²) in [6, 6.07) is -2.53. The van der Waals surface area contributed by atoms with E-state index in [0.717, 1.165) is 0 Å². The number of carbonyl (C=O) groups excluding carboxylic acids is 1. The smallest absolute Gasteiger partial charge is 0.326 e. The van der Waals surface area contributed by atoms with E-state index >= 15 is 0 Å². The van der Waals surface area contributed by atoms with Crippen molar-refractivity contribution < 1.29 is 32.3 Å². The summed E-state index contributed by atoms with van der Waals surface area (Å²) in [4.78, 5) is 21.7. The van der Waals surface area contributed by atoms with Crippen LogP contribution in [0.25, 0.3) is 0 Å². The van der Waals surface area contributed by atoms with Crippen molar-refractivity contribution in [3.05, 3.63) is 0 Å². The fourth-order valence-electron chi connectivity index (χ4n) is 0.981. The molecule has 0 aliphatic carbocycles. The van der Waals surface area contributed by atoms with Crippen LogP contribution in [0.4, 0.5) is 22.4 Å². The van der Waals surface area contributed by atoms with Gasteiger partial charge in [-0.1, -0.05) is 13.8 Å². The van der Waals surface area contributed by atoms with Gasteiger partial charge in [0.05, 0.1) is 6.54 Å². The number of amides is 2. The summed E-state index contributed by atoms with van der Waals surface area (Å²) < 4.78 is 48.4. The number of nitrogens with one attached hydrogen (secondary N) is 2. The Morgan fingerprint density at radius 1 is 1.28 bits per heavy atom. The predicted molar refractivity (Wildman–Crippen MR) is 53.7 cm³/mol. The minimum absolute atomic E-state index is 0.483. The molecule has 106 valence electrons.